The Morgan fingerprint density at radius 3 is 2.25 bits per heavy atom. The molecule has 20 heavy (non-hydrogen) atoms. The number of esters is 1. The quantitative estimate of drug-likeness (QED) is 0.700. The summed E-state index contributed by atoms with van der Waals surface area (Å²) in [6.07, 6.45) is 0.168. The molecule has 0 aliphatic carbocycles. The minimum Gasteiger partial charge on any atom is -0.497 e. The van der Waals surface area contributed by atoms with Gasteiger partial charge in [0, 0.05) is 13.6 Å². The molecule has 0 unspecified atom stereocenters. The van der Waals surface area contributed by atoms with Crippen LogP contribution in [0.3, 0.4) is 0 Å². The van der Waals surface area contributed by atoms with Crippen LogP contribution in [0.15, 0.2) is 24.3 Å². The molecule has 0 heterocycles. The number of methoxy groups -OCH3 is 2. The topological polar surface area (TPSA) is 65.1 Å². The smallest absolute Gasteiger partial charge is 0.307 e. The normalized spacial score (nSPS) is 9.75. The number of benzene rings is 1. The molecule has 0 aromatic heterocycles. The third kappa shape index (κ3) is 5.17. The molecule has 0 fully saturated rings. The molecule has 1 aromatic carbocycles. The Bertz CT molecular complexity index is 443. The summed E-state index contributed by atoms with van der Waals surface area (Å²) in [6, 6.07) is 6.95. The van der Waals surface area contributed by atoms with Crippen LogP contribution in [0.4, 0.5) is 0 Å². The van der Waals surface area contributed by atoms with Gasteiger partial charge in [0.15, 0.2) is 6.61 Å². The molecule has 0 atom stereocenters. The summed E-state index contributed by atoms with van der Waals surface area (Å²) in [6.45, 7) is 0.224. The van der Waals surface area contributed by atoms with Gasteiger partial charge in [-0.05, 0) is 24.3 Å². The average molecular weight is 281 g/mol. The second kappa shape index (κ2) is 8.04. The van der Waals surface area contributed by atoms with E-state index < -0.39 is 0 Å². The number of hydrogen-bond donors (Lipinski definition) is 0. The van der Waals surface area contributed by atoms with Crippen molar-refractivity contribution in [2.45, 2.75) is 6.42 Å². The summed E-state index contributed by atoms with van der Waals surface area (Å²) in [5, 5.41) is 0. The van der Waals surface area contributed by atoms with Gasteiger partial charge in [0.2, 0.25) is 0 Å². The van der Waals surface area contributed by atoms with Crippen LogP contribution < -0.4 is 9.47 Å². The highest BCUT2D eigenvalue weighted by atomic mass is 16.5. The fourth-order valence-corrected chi connectivity index (χ4v) is 1.41. The van der Waals surface area contributed by atoms with Gasteiger partial charge in [0.05, 0.1) is 20.6 Å². The van der Waals surface area contributed by atoms with E-state index >= 15 is 0 Å². The second-order valence-electron chi connectivity index (χ2n) is 4.11. The minimum absolute atomic E-state index is 0.0794. The molecule has 0 aliphatic rings. The SMILES string of the molecule is COC(=O)CCN(C)C(=O)COc1ccc(OC)cc1. The number of carbonyl (C=O) groups is 2. The van der Waals surface area contributed by atoms with Crippen molar-refractivity contribution in [2.24, 2.45) is 0 Å². The van der Waals surface area contributed by atoms with E-state index in [1.807, 2.05) is 0 Å². The van der Waals surface area contributed by atoms with E-state index in [1.54, 1.807) is 38.4 Å². The molecule has 0 aliphatic heterocycles. The van der Waals surface area contributed by atoms with Crippen molar-refractivity contribution in [3.05, 3.63) is 24.3 Å². The molecule has 0 radical (unpaired) electrons. The number of hydrogen-bond acceptors (Lipinski definition) is 5. The molecule has 6 heteroatoms. The second-order valence-corrected chi connectivity index (χ2v) is 4.11. The van der Waals surface area contributed by atoms with E-state index in [9.17, 15) is 9.59 Å². The van der Waals surface area contributed by atoms with Gasteiger partial charge in [-0.2, -0.15) is 0 Å². The van der Waals surface area contributed by atoms with Crippen LogP contribution in [0.1, 0.15) is 6.42 Å². The van der Waals surface area contributed by atoms with Crippen LogP contribution in [-0.2, 0) is 14.3 Å². The summed E-state index contributed by atoms with van der Waals surface area (Å²) in [4.78, 5) is 24.2. The predicted octanol–water partition coefficient (Wildman–Crippen LogP) is 1.10. The first kappa shape index (κ1) is 15.8. The maximum absolute atomic E-state index is 11.8. The van der Waals surface area contributed by atoms with Crippen molar-refractivity contribution in [3.8, 4) is 11.5 Å². The lowest BCUT2D eigenvalue weighted by atomic mass is 10.3. The first-order valence-electron chi connectivity index (χ1n) is 6.14. The average Bonchev–Trinajstić information content (AvgIpc) is 2.50. The summed E-state index contributed by atoms with van der Waals surface area (Å²) < 4.78 is 14.9. The van der Waals surface area contributed by atoms with Crippen LogP contribution in [0.2, 0.25) is 0 Å². The van der Waals surface area contributed by atoms with E-state index in [0.29, 0.717) is 12.3 Å². The van der Waals surface area contributed by atoms with Gasteiger partial charge in [-0.15, -0.1) is 0 Å². The highest BCUT2D eigenvalue weighted by Gasteiger charge is 2.11. The van der Waals surface area contributed by atoms with Crippen LogP contribution in [-0.4, -0.2) is 51.2 Å². The number of ether oxygens (including phenoxy) is 3. The predicted molar refractivity (Wildman–Crippen MR) is 72.8 cm³/mol. The fraction of sp³-hybridized carbons (Fsp3) is 0.429. The van der Waals surface area contributed by atoms with Gasteiger partial charge in [-0.25, -0.2) is 0 Å². The van der Waals surface area contributed by atoms with Crippen LogP contribution in [0, 0.1) is 0 Å². The standard InChI is InChI=1S/C14H19NO5/c1-15(9-8-14(17)19-3)13(16)10-20-12-6-4-11(18-2)5-7-12/h4-7H,8-10H2,1-3H3. The molecule has 110 valence electrons. The lowest BCUT2D eigenvalue weighted by Gasteiger charge is -2.16. The molecular weight excluding hydrogens is 262 g/mol. The van der Waals surface area contributed by atoms with Crippen molar-refractivity contribution in [3.63, 3.8) is 0 Å². The fourth-order valence-electron chi connectivity index (χ4n) is 1.41. The van der Waals surface area contributed by atoms with Gasteiger partial charge in [0.25, 0.3) is 5.91 Å². The first-order chi connectivity index (χ1) is 9.56. The van der Waals surface area contributed by atoms with Gasteiger partial charge < -0.3 is 19.1 Å². The number of carbonyl (C=O) groups excluding carboxylic acids is 2. The molecule has 0 bridgehead atoms. The zero-order chi connectivity index (χ0) is 15.0. The Hall–Kier alpha value is -2.24. The first-order valence-corrected chi connectivity index (χ1v) is 6.14. The lowest BCUT2D eigenvalue weighted by Crippen LogP contribution is -2.33. The molecule has 6 nitrogen and oxygen atoms in total. The zero-order valence-corrected chi connectivity index (χ0v) is 11.9. The Balaban J connectivity index is 2.35. The van der Waals surface area contributed by atoms with E-state index in [4.69, 9.17) is 9.47 Å². The molecule has 1 rings (SSSR count). The summed E-state index contributed by atoms with van der Waals surface area (Å²) >= 11 is 0. The highest BCUT2D eigenvalue weighted by molar-refractivity contribution is 5.78. The van der Waals surface area contributed by atoms with E-state index in [2.05, 4.69) is 4.74 Å². The van der Waals surface area contributed by atoms with Crippen LogP contribution >= 0.6 is 0 Å². The number of nitrogens with zero attached hydrogens (tertiary/aromatic N) is 1. The summed E-state index contributed by atoms with van der Waals surface area (Å²) in [7, 11) is 4.51. The zero-order valence-electron chi connectivity index (χ0n) is 11.9. The van der Waals surface area contributed by atoms with E-state index in [-0.39, 0.29) is 24.9 Å². The summed E-state index contributed by atoms with van der Waals surface area (Å²) in [5.74, 6) is 0.754. The summed E-state index contributed by atoms with van der Waals surface area (Å²) in [5.41, 5.74) is 0. The largest absolute Gasteiger partial charge is 0.497 e. The van der Waals surface area contributed by atoms with Crippen LogP contribution in [0.25, 0.3) is 0 Å². The maximum Gasteiger partial charge on any atom is 0.307 e. The van der Waals surface area contributed by atoms with Crippen LogP contribution in [0.5, 0.6) is 11.5 Å². The van der Waals surface area contributed by atoms with Crippen molar-refractivity contribution in [1.29, 1.82) is 0 Å². The molecule has 1 amide bonds. The number of likely N-dealkylation sites (N-methyl/N-ethyl adjacent to an activating group) is 1. The Morgan fingerprint density at radius 1 is 1.10 bits per heavy atom. The van der Waals surface area contributed by atoms with Crippen molar-refractivity contribution < 1.29 is 23.8 Å². The van der Waals surface area contributed by atoms with Gasteiger partial charge in [0.1, 0.15) is 11.5 Å². The van der Waals surface area contributed by atoms with Crippen molar-refractivity contribution in [1.82, 2.24) is 4.90 Å². The maximum atomic E-state index is 11.8. The molecule has 0 saturated carbocycles. The Morgan fingerprint density at radius 2 is 1.70 bits per heavy atom. The molecule has 0 spiro atoms. The monoisotopic (exact) mass is 281 g/mol. The van der Waals surface area contributed by atoms with Crippen molar-refractivity contribution in [2.75, 3.05) is 34.4 Å². The molecule has 0 saturated heterocycles. The van der Waals surface area contributed by atoms with Crippen molar-refractivity contribution >= 4 is 11.9 Å². The van der Waals surface area contributed by atoms with E-state index in [0.717, 1.165) is 5.75 Å². The van der Waals surface area contributed by atoms with Gasteiger partial charge in [-0.3, -0.25) is 9.59 Å². The Kier molecular flexibility index (Phi) is 6.36. The van der Waals surface area contributed by atoms with Gasteiger partial charge >= 0.3 is 5.97 Å². The minimum atomic E-state index is -0.347. The number of rotatable bonds is 7. The van der Waals surface area contributed by atoms with Gasteiger partial charge in [-0.1, -0.05) is 0 Å². The third-order valence-corrected chi connectivity index (χ3v) is 2.73. The van der Waals surface area contributed by atoms with E-state index in [1.165, 1.54) is 12.0 Å². The molecular formula is C14H19NO5. The molecule has 0 N–H and O–H groups in total. The lowest BCUT2D eigenvalue weighted by molar-refractivity contribution is -0.141. The number of amides is 1. The Labute approximate surface area is 118 Å². The third-order valence-electron chi connectivity index (χ3n) is 2.73. The highest BCUT2D eigenvalue weighted by Crippen LogP contribution is 2.16. The molecule has 1 aromatic rings.